The van der Waals surface area contributed by atoms with Gasteiger partial charge in [0.05, 0.1) is 0 Å². The molecule has 1 aromatic carbocycles. The average molecular weight is 345 g/mol. The van der Waals surface area contributed by atoms with Gasteiger partial charge in [-0.3, -0.25) is 0 Å². The highest BCUT2D eigenvalue weighted by Crippen LogP contribution is 2.37. The summed E-state index contributed by atoms with van der Waals surface area (Å²) in [6.07, 6.45) is 5.51. The molecule has 6 heteroatoms. The van der Waals surface area contributed by atoms with Crippen LogP contribution in [0.25, 0.3) is 0 Å². The van der Waals surface area contributed by atoms with Gasteiger partial charge in [0.15, 0.2) is 0 Å². The second-order valence-electron chi connectivity index (χ2n) is 6.29. The van der Waals surface area contributed by atoms with E-state index in [1.165, 1.54) is 11.6 Å². The van der Waals surface area contributed by atoms with Crippen molar-refractivity contribution in [2.45, 2.75) is 42.0 Å². The van der Waals surface area contributed by atoms with Crippen molar-refractivity contribution < 1.29 is 9.13 Å². The third kappa shape index (κ3) is 3.54. The predicted octanol–water partition coefficient (Wildman–Crippen LogP) is 3.47. The third-order valence-corrected chi connectivity index (χ3v) is 5.75. The summed E-state index contributed by atoms with van der Waals surface area (Å²) < 4.78 is 19.2. The molecule has 0 amide bonds. The third-order valence-electron chi connectivity index (χ3n) is 4.51. The van der Waals surface area contributed by atoms with E-state index in [4.69, 9.17) is 4.74 Å². The molecule has 0 aliphatic carbocycles. The first-order valence-electron chi connectivity index (χ1n) is 8.38. The first-order chi connectivity index (χ1) is 11.8. The number of anilines is 1. The summed E-state index contributed by atoms with van der Waals surface area (Å²) in [4.78, 5) is 9.12. The number of benzene rings is 1. The van der Waals surface area contributed by atoms with E-state index in [1.807, 2.05) is 18.3 Å². The number of fused-ring (bicyclic) bond motifs is 1. The van der Waals surface area contributed by atoms with E-state index in [2.05, 4.69) is 15.3 Å². The van der Waals surface area contributed by atoms with Crippen LogP contribution < -0.4 is 5.32 Å². The van der Waals surface area contributed by atoms with Crippen molar-refractivity contribution in [1.82, 2.24) is 9.97 Å². The monoisotopic (exact) mass is 345 g/mol. The Morgan fingerprint density at radius 2 is 2.08 bits per heavy atom. The molecule has 1 aromatic heterocycles. The van der Waals surface area contributed by atoms with Crippen LogP contribution in [-0.4, -0.2) is 34.5 Å². The normalized spacial score (nSPS) is 20.8. The molecule has 1 N–H and O–H groups in total. The Hall–Kier alpha value is -1.66. The van der Waals surface area contributed by atoms with Crippen molar-refractivity contribution >= 4 is 17.7 Å². The zero-order chi connectivity index (χ0) is 16.4. The quantitative estimate of drug-likeness (QED) is 0.860. The zero-order valence-electron chi connectivity index (χ0n) is 13.4. The minimum atomic E-state index is -0.123. The average Bonchev–Trinajstić information content (AvgIpc) is 2.99. The van der Waals surface area contributed by atoms with Gasteiger partial charge in [-0.15, -0.1) is 11.8 Å². The maximum Gasteiger partial charge on any atom is 0.223 e. The maximum absolute atomic E-state index is 13.8. The van der Waals surface area contributed by atoms with E-state index in [1.54, 1.807) is 17.8 Å². The van der Waals surface area contributed by atoms with E-state index >= 15 is 0 Å². The van der Waals surface area contributed by atoms with Gasteiger partial charge < -0.3 is 10.1 Å². The van der Waals surface area contributed by atoms with Gasteiger partial charge in [0.2, 0.25) is 5.95 Å². The van der Waals surface area contributed by atoms with Crippen LogP contribution in [0.15, 0.2) is 35.5 Å². The van der Waals surface area contributed by atoms with Crippen LogP contribution in [-0.2, 0) is 17.6 Å². The first kappa shape index (κ1) is 15.8. The number of hydrogen-bond acceptors (Lipinski definition) is 5. The number of ether oxygens (including phenoxy) is 1. The van der Waals surface area contributed by atoms with Crippen molar-refractivity contribution in [3.8, 4) is 0 Å². The van der Waals surface area contributed by atoms with E-state index < -0.39 is 0 Å². The fourth-order valence-electron chi connectivity index (χ4n) is 3.20. The van der Waals surface area contributed by atoms with Gasteiger partial charge >= 0.3 is 0 Å². The van der Waals surface area contributed by atoms with Crippen molar-refractivity contribution in [2.24, 2.45) is 0 Å². The van der Waals surface area contributed by atoms with Crippen molar-refractivity contribution in [2.75, 3.05) is 18.5 Å². The van der Waals surface area contributed by atoms with Crippen LogP contribution in [0.5, 0.6) is 0 Å². The molecule has 24 heavy (non-hydrogen) atoms. The minimum Gasteiger partial charge on any atom is -0.381 e. The van der Waals surface area contributed by atoms with Gasteiger partial charge in [0.1, 0.15) is 10.8 Å². The second-order valence-corrected chi connectivity index (χ2v) is 7.58. The first-order valence-corrected chi connectivity index (χ1v) is 9.26. The summed E-state index contributed by atoms with van der Waals surface area (Å²) in [5.41, 5.74) is 1.94. The summed E-state index contributed by atoms with van der Waals surface area (Å²) in [6.45, 7) is 1.59. The molecule has 1 saturated heterocycles. The largest absolute Gasteiger partial charge is 0.381 e. The van der Waals surface area contributed by atoms with E-state index in [0.717, 1.165) is 49.5 Å². The van der Waals surface area contributed by atoms with Crippen molar-refractivity contribution in [3.05, 3.63) is 47.4 Å². The molecule has 4 rings (SSSR count). The fourth-order valence-corrected chi connectivity index (χ4v) is 4.46. The van der Waals surface area contributed by atoms with Gasteiger partial charge in [0.25, 0.3) is 0 Å². The standard InChI is InChI=1S/C18H20FN3OS/c19-16-4-2-1-3-12(16)9-15-10-13-11-20-18(22-17(13)24-15)21-14-5-7-23-8-6-14/h1-4,11,14-15H,5-10H2,(H,20,21,22). The Morgan fingerprint density at radius 1 is 1.25 bits per heavy atom. The van der Waals surface area contributed by atoms with Gasteiger partial charge in [0, 0.05) is 36.3 Å². The number of hydrogen-bond donors (Lipinski definition) is 1. The lowest BCUT2D eigenvalue weighted by Crippen LogP contribution is -2.28. The molecule has 3 heterocycles. The summed E-state index contributed by atoms with van der Waals surface area (Å²) in [5.74, 6) is 0.571. The van der Waals surface area contributed by atoms with Crippen LogP contribution in [0.3, 0.4) is 0 Å². The summed E-state index contributed by atoms with van der Waals surface area (Å²) >= 11 is 1.73. The van der Waals surface area contributed by atoms with Crippen LogP contribution in [0.2, 0.25) is 0 Å². The van der Waals surface area contributed by atoms with Gasteiger partial charge in [-0.25, -0.2) is 14.4 Å². The molecule has 4 nitrogen and oxygen atoms in total. The van der Waals surface area contributed by atoms with Gasteiger partial charge in [-0.1, -0.05) is 18.2 Å². The number of aromatic nitrogens is 2. The molecule has 126 valence electrons. The predicted molar refractivity (Wildman–Crippen MR) is 92.9 cm³/mol. The number of rotatable bonds is 4. The van der Waals surface area contributed by atoms with E-state index in [-0.39, 0.29) is 5.82 Å². The molecule has 1 atom stereocenters. The van der Waals surface area contributed by atoms with Crippen LogP contribution in [0.1, 0.15) is 24.0 Å². The molecule has 0 radical (unpaired) electrons. The maximum atomic E-state index is 13.8. The highest BCUT2D eigenvalue weighted by atomic mass is 32.2. The Kier molecular flexibility index (Phi) is 4.67. The van der Waals surface area contributed by atoms with Crippen molar-refractivity contribution in [1.29, 1.82) is 0 Å². The molecule has 0 saturated carbocycles. The molecule has 2 aliphatic rings. The highest BCUT2D eigenvalue weighted by molar-refractivity contribution is 8.00. The lowest BCUT2D eigenvalue weighted by Gasteiger charge is -2.23. The van der Waals surface area contributed by atoms with Gasteiger partial charge in [-0.05, 0) is 37.3 Å². The van der Waals surface area contributed by atoms with Crippen LogP contribution >= 0.6 is 11.8 Å². The molecule has 2 aromatic rings. The van der Waals surface area contributed by atoms with E-state index in [9.17, 15) is 4.39 Å². The van der Waals surface area contributed by atoms with E-state index in [0.29, 0.717) is 17.2 Å². The minimum absolute atomic E-state index is 0.123. The summed E-state index contributed by atoms with van der Waals surface area (Å²) in [5, 5.41) is 4.76. The fraction of sp³-hybridized carbons (Fsp3) is 0.444. The Balaban J connectivity index is 1.41. The summed E-state index contributed by atoms with van der Waals surface area (Å²) in [7, 11) is 0. The molecule has 0 bridgehead atoms. The van der Waals surface area contributed by atoms with Crippen LogP contribution in [0.4, 0.5) is 10.3 Å². The zero-order valence-corrected chi connectivity index (χ0v) is 14.2. The molecule has 1 fully saturated rings. The molecular formula is C18H20FN3OS. The molecule has 1 unspecified atom stereocenters. The summed E-state index contributed by atoms with van der Waals surface area (Å²) in [6, 6.07) is 7.40. The Labute approximate surface area is 145 Å². The number of nitrogens with one attached hydrogen (secondary N) is 1. The van der Waals surface area contributed by atoms with Crippen LogP contribution in [0, 0.1) is 5.82 Å². The molecule has 2 aliphatic heterocycles. The SMILES string of the molecule is Fc1ccccc1CC1Cc2cnc(NC3CCOCC3)nc2S1. The molecule has 0 spiro atoms. The highest BCUT2D eigenvalue weighted by Gasteiger charge is 2.26. The van der Waals surface area contributed by atoms with Crippen molar-refractivity contribution in [3.63, 3.8) is 0 Å². The number of nitrogens with zero attached hydrogens (tertiary/aromatic N) is 2. The number of halogens is 1. The Bertz CT molecular complexity index is 721. The molecular weight excluding hydrogens is 325 g/mol. The second kappa shape index (κ2) is 7.07. The number of thioether (sulfide) groups is 1. The van der Waals surface area contributed by atoms with Gasteiger partial charge in [-0.2, -0.15) is 0 Å². The lowest BCUT2D eigenvalue weighted by molar-refractivity contribution is 0.0903. The Morgan fingerprint density at radius 3 is 2.92 bits per heavy atom. The lowest BCUT2D eigenvalue weighted by atomic mass is 10.1. The smallest absolute Gasteiger partial charge is 0.223 e. The topological polar surface area (TPSA) is 47.0 Å².